The summed E-state index contributed by atoms with van der Waals surface area (Å²) >= 11 is 0. The largest absolute Gasteiger partial charge is 0.447 e. The van der Waals surface area contributed by atoms with Crippen LogP contribution >= 0.6 is 0 Å². The van der Waals surface area contributed by atoms with Crippen LogP contribution < -0.4 is 5.73 Å². The molecule has 0 fully saturated rings. The van der Waals surface area contributed by atoms with Gasteiger partial charge in [-0.15, -0.1) is 0 Å². The first-order valence-corrected chi connectivity index (χ1v) is 4.93. The minimum atomic E-state index is 0.338. The van der Waals surface area contributed by atoms with E-state index in [1.165, 1.54) is 11.1 Å². The SMILES string of the molecule is Cc1ccc(-c2coc(CN)n2)cc1C. The lowest BCUT2D eigenvalue weighted by atomic mass is 10.1. The molecule has 0 spiro atoms. The summed E-state index contributed by atoms with van der Waals surface area (Å²) < 4.78 is 5.20. The van der Waals surface area contributed by atoms with Crippen LogP contribution in [0.2, 0.25) is 0 Å². The lowest BCUT2D eigenvalue weighted by molar-refractivity contribution is 0.498. The highest BCUT2D eigenvalue weighted by molar-refractivity contribution is 5.59. The quantitative estimate of drug-likeness (QED) is 0.813. The summed E-state index contributed by atoms with van der Waals surface area (Å²) in [6.45, 7) is 4.51. The van der Waals surface area contributed by atoms with Crippen molar-refractivity contribution in [2.75, 3.05) is 0 Å². The Kier molecular flexibility index (Phi) is 2.56. The monoisotopic (exact) mass is 202 g/mol. The maximum atomic E-state index is 5.44. The Balaban J connectivity index is 2.40. The number of nitrogens with two attached hydrogens (primary N) is 1. The molecule has 0 amide bonds. The van der Waals surface area contributed by atoms with Gasteiger partial charge in [-0.25, -0.2) is 4.98 Å². The van der Waals surface area contributed by atoms with Crippen molar-refractivity contribution in [3.05, 3.63) is 41.5 Å². The molecule has 0 atom stereocenters. The van der Waals surface area contributed by atoms with Crippen LogP contribution in [0.5, 0.6) is 0 Å². The average Bonchev–Trinajstić information content (AvgIpc) is 2.70. The summed E-state index contributed by atoms with van der Waals surface area (Å²) in [5, 5.41) is 0. The molecule has 2 rings (SSSR count). The van der Waals surface area contributed by atoms with E-state index in [1.807, 2.05) is 6.07 Å². The molecule has 78 valence electrons. The van der Waals surface area contributed by atoms with E-state index in [0.717, 1.165) is 11.3 Å². The van der Waals surface area contributed by atoms with Gasteiger partial charge >= 0.3 is 0 Å². The van der Waals surface area contributed by atoms with E-state index in [9.17, 15) is 0 Å². The number of nitrogens with zero attached hydrogens (tertiary/aromatic N) is 1. The fourth-order valence-corrected chi connectivity index (χ4v) is 1.44. The normalized spacial score (nSPS) is 10.6. The summed E-state index contributed by atoms with van der Waals surface area (Å²) in [4.78, 5) is 4.28. The second kappa shape index (κ2) is 3.87. The van der Waals surface area contributed by atoms with Crippen LogP contribution in [0, 0.1) is 13.8 Å². The highest BCUT2D eigenvalue weighted by Crippen LogP contribution is 2.21. The molecule has 2 aromatic rings. The minimum Gasteiger partial charge on any atom is -0.447 e. The highest BCUT2D eigenvalue weighted by Gasteiger charge is 2.05. The van der Waals surface area contributed by atoms with Gasteiger partial charge in [0.2, 0.25) is 5.89 Å². The van der Waals surface area contributed by atoms with Crippen LogP contribution in [0.25, 0.3) is 11.3 Å². The van der Waals surface area contributed by atoms with E-state index < -0.39 is 0 Å². The first-order chi connectivity index (χ1) is 7.20. The van der Waals surface area contributed by atoms with Crippen molar-refractivity contribution in [1.29, 1.82) is 0 Å². The fourth-order valence-electron chi connectivity index (χ4n) is 1.44. The number of aromatic nitrogens is 1. The summed E-state index contributed by atoms with van der Waals surface area (Å²) in [6.07, 6.45) is 1.65. The Bertz CT molecular complexity index is 474. The Hall–Kier alpha value is -1.61. The molecular weight excluding hydrogens is 188 g/mol. The molecular formula is C12H14N2O. The molecule has 1 heterocycles. The van der Waals surface area contributed by atoms with Crippen molar-refractivity contribution in [3.63, 3.8) is 0 Å². The predicted molar refractivity (Wildman–Crippen MR) is 59.3 cm³/mol. The molecule has 0 radical (unpaired) electrons. The molecule has 3 heteroatoms. The van der Waals surface area contributed by atoms with Crippen molar-refractivity contribution in [3.8, 4) is 11.3 Å². The number of hydrogen-bond acceptors (Lipinski definition) is 3. The number of rotatable bonds is 2. The van der Waals surface area contributed by atoms with Gasteiger partial charge in [-0.2, -0.15) is 0 Å². The van der Waals surface area contributed by atoms with Crippen LogP contribution in [-0.4, -0.2) is 4.98 Å². The Morgan fingerprint density at radius 1 is 1.27 bits per heavy atom. The van der Waals surface area contributed by atoms with Gasteiger partial charge < -0.3 is 10.2 Å². The summed E-state index contributed by atoms with van der Waals surface area (Å²) in [6, 6.07) is 6.23. The molecule has 15 heavy (non-hydrogen) atoms. The Labute approximate surface area is 88.9 Å². The third-order valence-corrected chi connectivity index (χ3v) is 2.53. The first kappa shape index (κ1) is 9.93. The van der Waals surface area contributed by atoms with Crippen LogP contribution in [0.3, 0.4) is 0 Å². The number of hydrogen-bond donors (Lipinski definition) is 1. The van der Waals surface area contributed by atoms with Crippen molar-refractivity contribution in [2.45, 2.75) is 20.4 Å². The zero-order valence-corrected chi connectivity index (χ0v) is 8.95. The maximum Gasteiger partial charge on any atom is 0.208 e. The van der Waals surface area contributed by atoms with Gasteiger partial charge in [-0.3, -0.25) is 0 Å². The lowest BCUT2D eigenvalue weighted by Crippen LogP contribution is -1.95. The minimum absolute atomic E-state index is 0.338. The van der Waals surface area contributed by atoms with Crippen molar-refractivity contribution < 1.29 is 4.42 Å². The first-order valence-electron chi connectivity index (χ1n) is 4.93. The standard InChI is InChI=1S/C12H14N2O/c1-8-3-4-10(5-9(8)2)11-7-15-12(6-13)14-11/h3-5,7H,6,13H2,1-2H3. The maximum absolute atomic E-state index is 5.44. The van der Waals surface area contributed by atoms with E-state index in [4.69, 9.17) is 10.2 Å². The van der Waals surface area contributed by atoms with Gasteiger partial charge in [0.25, 0.3) is 0 Å². The molecule has 2 N–H and O–H groups in total. The number of aryl methyl sites for hydroxylation is 2. The molecule has 0 aliphatic rings. The molecule has 3 nitrogen and oxygen atoms in total. The van der Waals surface area contributed by atoms with Crippen LogP contribution in [0.4, 0.5) is 0 Å². The Morgan fingerprint density at radius 3 is 2.67 bits per heavy atom. The van der Waals surface area contributed by atoms with Crippen LogP contribution in [-0.2, 0) is 6.54 Å². The van der Waals surface area contributed by atoms with Crippen molar-refractivity contribution >= 4 is 0 Å². The van der Waals surface area contributed by atoms with Crippen molar-refractivity contribution in [2.24, 2.45) is 5.73 Å². The molecule has 0 saturated heterocycles. The summed E-state index contributed by atoms with van der Waals surface area (Å²) in [5.74, 6) is 0.572. The van der Waals surface area contributed by atoms with Gasteiger partial charge in [-0.05, 0) is 31.0 Å². The van der Waals surface area contributed by atoms with Gasteiger partial charge in [0.15, 0.2) is 0 Å². The topological polar surface area (TPSA) is 52.0 Å². The highest BCUT2D eigenvalue weighted by atomic mass is 16.3. The molecule has 0 saturated carbocycles. The third kappa shape index (κ3) is 1.92. The zero-order valence-electron chi connectivity index (χ0n) is 8.95. The number of benzene rings is 1. The van der Waals surface area contributed by atoms with E-state index in [2.05, 4.69) is 31.0 Å². The molecule has 1 aromatic heterocycles. The summed E-state index contributed by atoms with van der Waals surface area (Å²) in [5.41, 5.74) is 9.89. The van der Waals surface area contributed by atoms with Gasteiger partial charge in [0.1, 0.15) is 12.0 Å². The Morgan fingerprint density at radius 2 is 2.07 bits per heavy atom. The third-order valence-electron chi connectivity index (χ3n) is 2.53. The van der Waals surface area contributed by atoms with E-state index >= 15 is 0 Å². The second-order valence-corrected chi connectivity index (χ2v) is 3.63. The van der Waals surface area contributed by atoms with Gasteiger partial charge in [0.05, 0.1) is 6.54 Å². The van der Waals surface area contributed by atoms with Crippen LogP contribution in [0.1, 0.15) is 17.0 Å². The van der Waals surface area contributed by atoms with Crippen molar-refractivity contribution in [1.82, 2.24) is 4.98 Å². The van der Waals surface area contributed by atoms with Crippen LogP contribution in [0.15, 0.2) is 28.9 Å². The molecule has 1 aromatic carbocycles. The zero-order chi connectivity index (χ0) is 10.8. The van der Waals surface area contributed by atoms with E-state index in [-0.39, 0.29) is 0 Å². The van der Waals surface area contributed by atoms with E-state index in [0.29, 0.717) is 12.4 Å². The molecule has 0 bridgehead atoms. The molecule has 0 unspecified atom stereocenters. The fraction of sp³-hybridized carbons (Fsp3) is 0.250. The predicted octanol–water partition coefficient (Wildman–Crippen LogP) is 2.42. The average molecular weight is 202 g/mol. The van der Waals surface area contributed by atoms with E-state index in [1.54, 1.807) is 6.26 Å². The molecule has 0 aliphatic carbocycles. The lowest BCUT2D eigenvalue weighted by Gasteiger charge is -2.01. The smallest absolute Gasteiger partial charge is 0.208 e. The molecule has 0 aliphatic heterocycles. The van der Waals surface area contributed by atoms with Gasteiger partial charge in [0, 0.05) is 5.56 Å². The number of oxazole rings is 1. The summed E-state index contributed by atoms with van der Waals surface area (Å²) in [7, 11) is 0. The second-order valence-electron chi connectivity index (χ2n) is 3.63. The van der Waals surface area contributed by atoms with Gasteiger partial charge in [-0.1, -0.05) is 12.1 Å².